The lowest BCUT2D eigenvalue weighted by molar-refractivity contribution is 0.214. The van der Waals surface area contributed by atoms with Gasteiger partial charge >= 0.3 is 5.63 Å². The number of likely N-dealkylation sites (tertiary alicyclic amines) is 1. The van der Waals surface area contributed by atoms with Crippen LogP contribution in [0.2, 0.25) is 0 Å². The first-order valence-electron chi connectivity index (χ1n) is 13.3. The van der Waals surface area contributed by atoms with Crippen LogP contribution in [0.1, 0.15) is 55.7 Å². The molecule has 1 aliphatic heterocycles. The molecule has 37 heavy (non-hydrogen) atoms. The lowest BCUT2D eigenvalue weighted by Crippen LogP contribution is -2.29. The highest BCUT2D eigenvalue weighted by Crippen LogP contribution is 2.30. The molecule has 2 heterocycles. The molecule has 1 aliphatic rings. The second-order valence-electron chi connectivity index (χ2n) is 9.52. The minimum atomic E-state index is -0.435. The van der Waals surface area contributed by atoms with Crippen LogP contribution in [0.3, 0.4) is 0 Å². The van der Waals surface area contributed by atoms with Crippen LogP contribution < -0.4 is 10.4 Å². The van der Waals surface area contributed by atoms with Crippen molar-refractivity contribution in [2.75, 3.05) is 26.2 Å². The van der Waals surface area contributed by atoms with Gasteiger partial charge in [0.1, 0.15) is 23.7 Å². The first kappa shape index (κ1) is 26.5. The Morgan fingerprint density at radius 2 is 1.86 bits per heavy atom. The third kappa shape index (κ3) is 7.01. The molecule has 1 saturated heterocycles. The molecule has 4 rings (SSSR count). The normalized spacial score (nSPS) is 15.2. The quantitative estimate of drug-likeness (QED) is 0.243. The summed E-state index contributed by atoms with van der Waals surface area (Å²) in [6.45, 7) is 9.83. The number of rotatable bonds is 10. The van der Waals surface area contributed by atoms with Crippen LogP contribution in [0, 0.1) is 0 Å². The van der Waals surface area contributed by atoms with E-state index >= 15 is 0 Å². The molecule has 0 spiro atoms. The Morgan fingerprint density at radius 1 is 1.11 bits per heavy atom. The lowest BCUT2D eigenvalue weighted by atomic mass is 9.92. The number of phenols is 1. The van der Waals surface area contributed by atoms with Gasteiger partial charge in [-0.25, -0.2) is 4.79 Å². The molecule has 0 saturated carbocycles. The average Bonchev–Trinajstić information content (AvgIpc) is 3.17. The minimum Gasteiger partial charge on any atom is -0.508 e. The van der Waals surface area contributed by atoms with Crippen molar-refractivity contribution >= 4 is 16.5 Å². The third-order valence-electron chi connectivity index (χ3n) is 6.80. The summed E-state index contributed by atoms with van der Waals surface area (Å²) in [6.07, 6.45) is 14.1. The van der Waals surface area contributed by atoms with Gasteiger partial charge in [0.2, 0.25) is 0 Å². The van der Waals surface area contributed by atoms with Gasteiger partial charge in [-0.2, -0.15) is 0 Å². The van der Waals surface area contributed by atoms with Gasteiger partial charge in [0.15, 0.2) is 0 Å². The van der Waals surface area contributed by atoms with E-state index in [1.165, 1.54) is 31.7 Å². The Morgan fingerprint density at radius 3 is 2.57 bits per heavy atom. The van der Waals surface area contributed by atoms with Crippen LogP contribution >= 0.6 is 0 Å². The molecule has 0 radical (unpaired) electrons. The maximum atomic E-state index is 13.2. The number of nitrogens with zero attached hydrogens (tertiary/aromatic N) is 1. The van der Waals surface area contributed by atoms with Gasteiger partial charge in [-0.15, -0.1) is 0 Å². The van der Waals surface area contributed by atoms with E-state index in [0.29, 0.717) is 24.2 Å². The average molecular weight is 500 g/mol. The zero-order valence-corrected chi connectivity index (χ0v) is 21.7. The highest BCUT2D eigenvalue weighted by atomic mass is 16.5. The summed E-state index contributed by atoms with van der Waals surface area (Å²) in [5.41, 5.74) is 3.11. The fraction of sp³-hybridized carbons (Fsp3) is 0.344. The molecular formula is C32H37NO4. The van der Waals surface area contributed by atoms with E-state index in [2.05, 4.69) is 11.5 Å². The molecule has 3 aromatic rings. The number of benzene rings is 2. The Hall–Kier alpha value is -3.57. The van der Waals surface area contributed by atoms with Gasteiger partial charge in [0.05, 0.1) is 5.56 Å². The fourth-order valence-corrected chi connectivity index (χ4v) is 4.88. The van der Waals surface area contributed by atoms with E-state index in [1.807, 2.05) is 55.5 Å². The number of hydrogen-bond donors (Lipinski definition) is 1. The van der Waals surface area contributed by atoms with Crippen LogP contribution in [0.25, 0.3) is 16.5 Å². The number of phenolic OH excluding ortho intramolecular Hbond substituents is 1. The molecule has 0 amide bonds. The van der Waals surface area contributed by atoms with Crippen LogP contribution in [0.15, 0.2) is 82.6 Å². The molecule has 0 bridgehead atoms. The maximum absolute atomic E-state index is 13.2. The van der Waals surface area contributed by atoms with Crippen molar-refractivity contribution in [3.05, 3.63) is 100 Å². The van der Waals surface area contributed by atoms with Crippen LogP contribution in [-0.2, 0) is 6.42 Å². The van der Waals surface area contributed by atoms with Crippen molar-refractivity contribution in [3.8, 4) is 11.5 Å². The smallest absolute Gasteiger partial charge is 0.344 e. The summed E-state index contributed by atoms with van der Waals surface area (Å²) in [6, 6.07) is 13.0. The second kappa shape index (κ2) is 13.1. The first-order valence-corrected chi connectivity index (χ1v) is 13.3. The van der Waals surface area contributed by atoms with E-state index in [4.69, 9.17) is 9.15 Å². The van der Waals surface area contributed by atoms with E-state index in [-0.39, 0.29) is 5.75 Å². The Labute approximate surface area is 219 Å². The molecule has 5 heteroatoms. The predicted molar refractivity (Wildman–Crippen MR) is 151 cm³/mol. The molecule has 194 valence electrons. The topological polar surface area (TPSA) is 62.9 Å². The molecule has 2 aromatic carbocycles. The number of hydrogen-bond acceptors (Lipinski definition) is 5. The summed E-state index contributed by atoms with van der Waals surface area (Å²) in [5, 5.41) is 10.8. The van der Waals surface area contributed by atoms with E-state index < -0.39 is 5.63 Å². The van der Waals surface area contributed by atoms with Crippen molar-refractivity contribution in [2.45, 2.75) is 45.4 Å². The number of fused-ring (bicyclic) bond motifs is 1. The van der Waals surface area contributed by atoms with Crippen molar-refractivity contribution in [2.24, 2.45) is 0 Å². The molecular weight excluding hydrogens is 462 g/mol. The predicted octanol–water partition coefficient (Wildman–Crippen LogP) is 6.88. The van der Waals surface area contributed by atoms with Gasteiger partial charge in [-0.3, -0.25) is 4.90 Å². The summed E-state index contributed by atoms with van der Waals surface area (Å²) >= 11 is 0. The van der Waals surface area contributed by atoms with E-state index in [1.54, 1.807) is 12.1 Å². The minimum absolute atomic E-state index is 0.0590. The highest BCUT2D eigenvalue weighted by molar-refractivity contribution is 5.89. The molecule has 5 nitrogen and oxygen atoms in total. The standard InChI is InChI=1S/C32H37NO4/c1-3-5-11-25(10-4-2)31-29(28-17-14-26(34)23-30(28)37-32(31)35)22-24-12-15-27(16-13-24)36-21-20-33-18-8-6-7-9-19-33/h4-5,10-17,23,34H,2-3,6-9,18-22H2,1H3/b11-5-,25-10+. The summed E-state index contributed by atoms with van der Waals surface area (Å²) in [5.74, 6) is 0.906. The van der Waals surface area contributed by atoms with Crippen molar-refractivity contribution in [1.29, 1.82) is 0 Å². The van der Waals surface area contributed by atoms with Crippen molar-refractivity contribution < 1.29 is 14.3 Å². The van der Waals surface area contributed by atoms with Gasteiger partial charge in [-0.05, 0) is 79.7 Å². The Balaban J connectivity index is 1.59. The zero-order chi connectivity index (χ0) is 26.0. The monoisotopic (exact) mass is 499 g/mol. The van der Waals surface area contributed by atoms with Gasteiger partial charge < -0.3 is 14.3 Å². The fourth-order valence-electron chi connectivity index (χ4n) is 4.88. The third-order valence-corrected chi connectivity index (χ3v) is 6.80. The Bertz CT molecular complexity index is 1310. The van der Waals surface area contributed by atoms with Crippen molar-refractivity contribution in [1.82, 2.24) is 4.90 Å². The van der Waals surface area contributed by atoms with Gasteiger partial charge in [0, 0.05) is 18.0 Å². The summed E-state index contributed by atoms with van der Waals surface area (Å²) in [7, 11) is 0. The molecule has 1 aromatic heterocycles. The second-order valence-corrected chi connectivity index (χ2v) is 9.52. The van der Waals surface area contributed by atoms with Crippen LogP contribution in [-0.4, -0.2) is 36.2 Å². The zero-order valence-electron chi connectivity index (χ0n) is 21.7. The van der Waals surface area contributed by atoms with Gasteiger partial charge in [-0.1, -0.05) is 62.8 Å². The molecule has 1 fully saturated rings. The lowest BCUT2D eigenvalue weighted by Gasteiger charge is -2.19. The number of allylic oxidation sites excluding steroid dienone is 5. The summed E-state index contributed by atoms with van der Waals surface area (Å²) < 4.78 is 11.7. The first-order chi connectivity index (χ1) is 18.1. The molecule has 0 atom stereocenters. The maximum Gasteiger partial charge on any atom is 0.344 e. The summed E-state index contributed by atoms with van der Waals surface area (Å²) in [4.78, 5) is 15.7. The van der Waals surface area contributed by atoms with Crippen molar-refractivity contribution in [3.63, 3.8) is 0 Å². The molecule has 1 N–H and O–H groups in total. The Kier molecular flexibility index (Phi) is 9.39. The molecule has 0 aliphatic carbocycles. The van der Waals surface area contributed by atoms with E-state index in [9.17, 15) is 9.90 Å². The SMILES string of the molecule is C=C/C=C(\C=C/CC)c1c(Cc2ccc(OCCN3CCCCCC3)cc2)c2ccc(O)cc2oc1=O. The van der Waals surface area contributed by atoms with Crippen LogP contribution in [0.5, 0.6) is 11.5 Å². The number of ether oxygens (including phenoxy) is 1. The van der Waals surface area contributed by atoms with E-state index in [0.717, 1.165) is 53.9 Å². The largest absolute Gasteiger partial charge is 0.508 e. The number of aromatic hydroxyl groups is 1. The molecule has 0 unspecified atom stereocenters. The van der Waals surface area contributed by atoms with Gasteiger partial charge in [0.25, 0.3) is 0 Å². The highest BCUT2D eigenvalue weighted by Gasteiger charge is 2.18. The van der Waals surface area contributed by atoms with Crippen LogP contribution in [0.4, 0.5) is 0 Å².